The molecular weight excluding hydrogens is 304 g/mol. The second kappa shape index (κ2) is 10.0. The first kappa shape index (κ1) is 18.4. The van der Waals surface area contributed by atoms with Crippen LogP contribution in [-0.4, -0.2) is 59.5 Å². The first-order chi connectivity index (χ1) is 11.8. The average Bonchev–Trinajstić information content (AvgIpc) is 3.08. The van der Waals surface area contributed by atoms with Gasteiger partial charge in [-0.1, -0.05) is 12.1 Å². The van der Waals surface area contributed by atoms with Crippen LogP contribution in [0.15, 0.2) is 29.3 Å². The Morgan fingerprint density at radius 1 is 1.29 bits per heavy atom. The van der Waals surface area contributed by atoms with E-state index in [-0.39, 0.29) is 0 Å². The molecule has 1 atom stereocenters. The Bertz CT molecular complexity index is 521. The highest BCUT2D eigenvalue weighted by Crippen LogP contribution is 2.31. The standard InChI is InChI=1S/C18H30N4O2/c1-4-19-18(20-10-12-23-2)21-13-15-9-11-22(14-15)16-7-5-6-8-17(16)24-3/h5-8,15H,4,9-14H2,1-3H3,(H2,19,20,21). The molecule has 0 bridgehead atoms. The van der Waals surface area contributed by atoms with Crippen molar-refractivity contribution in [1.82, 2.24) is 10.6 Å². The van der Waals surface area contributed by atoms with Crippen molar-refractivity contribution < 1.29 is 9.47 Å². The summed E-state index contributed by atoms with van der Waals surface area (Å²) in [7, 11) is 3.43. The van der Waals surface area contributed by atoms with E-state index < -0.39 is 0 Å². The number of rotatable bonds is 8. The van der Waals surface area contributed by atoms with Gasteiger partial charge in [0, 0.05) is 39.8 Å². The van der Waals surface area contributed by atoms with E-state index in [1.54, 1.807) is 14.2 Å². The summed E-state index contributed by atoms with van der Waals surface area (Å²) in [5.41, 5.74) is 1.18. The van der Waals surface area contributed by atoms with Gasteiger partial charge in [0.05, 0.1) is 19.4 Å². The summed E-state index contributed by atoms with van der Waals surface area (Å²) < 4.78 is 10.5. The fourth-order valence-corrected chi connectivity index (χ4v) is 2.93. The van der Waals surface area contributed by atoms with E-state index in [1.165, 1.54) is 5.69 Å². The maximum atomic E-state index is 5.48. The molecule has 1 aliphatic heterocycles. The smallest absolute Gasteiger partial charge is 0.191 e. The molecule has 1 heterocycles. The lowest BCUT2D eigenvalue weighted by Gasteiger charge is -2.21. The molecule has 1 fully saturated rings. The third-order valence-electron chi connectivity index (χ3n) is 4.16. The van der Waals surface area contributed by atoms with Gasteiger partial charge in [0.1, 0.15) is 5.75 Å². The van der Waals surface area contributed by atoms with Crippen LogP contribution in [0.4, 0.5) is 5.69 Å². The van der Waals surface area contributed by atoms with Crippen molar-refractivity contribution in [2.24, 2.45) is 10.9 Å². The number of ether oxygens (including phenoxy) is 2. The van der Waals surface area contributed by atoms with Crippen molar-refractivity contribution in [2.75, 3.05) is 58.5 Å². The zero-order valence-corrected chi connectivity index (χ0v) is 15.0. The number of nitrogens with one attached hydrogen (secondary N) is 2. The van der Waals surface area contributed by atoms with Gasteiger partial charge >= 0.3 is 0 Å². The Kier molecular flexibility index (Phi) is 7.68. The minimum atomic E-state index is 0.563. The van der Waals surface area contributed by atoms with E-state index >= 15 is 0 Å². The zero-order valence-electron chi connectivity index (χ0n) is 15.0. The molecule has 24 heavy (non-hydrogen) atoms. The van der Waals surface area contributed by atoms with Gasteiger partial charge in [-0.2, -0.15) is 0 Å². The Morgan fingerprint density at radius 3 is 2.88 bits per heavy atom. The Labute approximate surface area is 145 Å². The first-order valence-corrected chi connectivity index (χ1v) is 8.67. The molecule has 0 amide bonds. The number of hydrogen-bond acceptors (Lipinski definition) is 4. The molecule has 0 aromatic heterocycles. The number of nitrogens with zero attached hydrogens (tertiary/aromatic N) is 2. The van der Waals surface area contributed by atoms with Gasteiger partial charge in [-0.3, -0.25) is 4.99 Å². The van der Waals surface area contributed by atoms with Crippen LogP contribution in [0.1, 0.15) is 13.3 Å². The van der Waals surface area contributed by atoms with Gasteiger partial charge in [0.2, 0.25) is 0 Å². The summed E-state index contributed by atoms with van der Waals surface area (Å²) in [6.07, 6.45) is 1.15. The summed E-state index contributed by atoms with van der Waals surface area (Å²) in [4.78, 5) is 7.11. The first-order valence-electron chi connectivity index (χ1n) is 8.67. The van der Waals surface area contributed by atoms with Crippen molar-refractivity contribution in [2.45, 2.75) is 13.3 Å². The molecule has 1 aliphatic rings. The highest BCUT2D eigenvalue weighted by atomic mass is 16.5. The van der Waals surface area contributed by atoms with Crippen LogP contribution in [0.2, 0.25) is 0 Å². The SMILES string of the molecule is CCNC(=NCC1CCN(c2ccccc2OC)C1)NCCOC. The number of anilines is 1. The predicted octanol–water partition coefficient (Wildman–Crippen LogP) is 1.72. The molecule has 0 spiro atoms. The van der Waals surface area contributed by atoms with Crippen LogP contribution in [-0.2, 0) is 4.74 Å². The topological polar surface area (TPSA) is 58.1 Å². The molecule has 0 saturated carbocycles. The lowest BCUT2D eigenvalue weighted by Crippen LogP contribution is -2.39. The van der Waals surface area contributed by atoms with E-state index in [1.807, 2.05) is 12.1 Å². The summed E-state index contributed by atoms with van der Waals surface area (Å²) >= 11 is 0. The molecule has 6 nitrogen and oxygen atoms in total. The quantitative estimate of drug-likeness (QED) is 0.431. The number of para-hydroxylation sites is 2. The monoisotopic (exact) mass is 334 g/mol. The molecule has 1 saturated heterocycles. The molecule has 1 aromatic carbocycles. The summed E-state index contributed by atoms with van der Waals surface area (Å²) in [5.74, 6) is 2.37. The normalized spacial score (nSPS) is 17.9. The number of benzene rings is 1. The van der Waals surface area contributed by atoms with E-state index in [0.717, 1.165) is 50.9 Å². The minimum absolute atomic E-state index is 0.563. The molecule has 0 aliphatic carbocycles. The van der Waals surface area contributed by atoms with E-state index in [4.69, 9.17) is 14.5 Å². The maximum absolute atomic E-state index is 5.48. The van der Waals surface area contributed by atoms with Crippen molar-refractivity contribution in [3.8, 4) is 5.75 Å². The van der Waals surface area contributed by atoms with Gasteiger partial charge in [0.15, 0.2) is 5.96 Å². The van der Waals surface area contributed by atoms with Gasteiger partial charge in [-0.15, -0.1) is 0 Å². The third-order valence-corrected chi connectivity index (χ3v) is 4.16. The molecule has 2 rings (SSSR count). The number of methoxy groups -OCH3 is 2. The van der Waals surface area contributed by atoms with Crippen LogP contribution in [0.5, 0.6) is 5.75 Å². The third kappa shape index (κ3) is 5.30. The molecule has 134 valence electrons. The molecule has 0 radical (unpaired) electrons. The number of guanidine groups is 1. The molecule has 1 unspecified atom stereocenters. The fourth-order valence-electron chi connectivity index (χ4n) is 2.93. The Balaban J connectivity index is 1.89. The summed E-state index contributed by atoms with van der Waals surface area (Å²) in [5, 5.41) is 6.56. The van der Waals surface area contributed by atoms with Crippen molar-refractivity contribution in [1.29, 1.82) is 0 Å². The molecule has 6 heteroatoms. The van der Waals surface area contributed by atoms with E-state index in [9.17, 15) is 0 Å². The van der Waals surface area contributed by atoms with Crippen LogP contribution in [0.3, 0.4) is 0 Å². The molecule has 1 aromatic rings. The maximum Gasteiger partial charge on any atom is 0.191 e. The lowest BCUT2D eigenvalue weighted by molar-refractivity contribution is 0.203. The van der Waals surface area contributed by atoms with Gasteiger partial charge < -0.3 is 25.0 Å². The van der Waals surface area contributed by atoms with Crippen LogP contribution in [0, 0.1) is 5.92 Å². The summed E-state index contributed by atoms with van der Waals surface area (Å²) in [6.45, 7) is 7.27. The minimum Gasteiger partial charge on any atom is -0.495 e. The zero-order chi connectivity index (χ0) is 17.2. The number of aliphatic imine (C=N–C) groups is 1. The lowest BCUT2D eigenvalue weighted by atomic mass is 10.1. The Hall–Kier alpha value is -1.95. The van der Waals surface area contributed by atoms with E-state index in [0.29, 0.717) is 12.5 Å². The van der Waals surface area contributed by atoms with Gasteiger partial charge in [-0.05, 0) is 31.4 Å². The second-order valence-corrected chi connectivity index (χ2v) is 5.91. The highest BCUT2D eigenvalue weighted by molar-refractivity contribution is 5.79. The fraction of sp³-hybridized carbons (Fsp3) is 0.611. The number of hydrogen-bond donors (Lipinski definition) is 2. The highest BCUT2D eigenvalue weighted by Gasteiger charge is 2.24. The second-order valence-electron chi connectivity index (χ2n) is 5.91. The van der Waals surface area contributed by atoms with E-state index in [2.05, 4.69) is 34.6 Å². The van der Waals surface area contributed by atoms with Crippen LogP contribution >= 0.6 is 0 Å². The van der Waals surface area contributed by atoms with Gasteiger partial charge in [-0.25, -0.2) is 0 Å². The van der Waals surface area contributed by atoms with Crippen LogP contribution < -0.4 is 20.3 Å². The predicted molar refractivity (Wildman–Crippen MR) is 99.2 cm³/mol. The van der Waals surface area contributed by atoms with Crippen LogP contribution in [0.25, 0.3) is 0 Å². The average molecular weight is 334 g/mol. The molecule has 2 N–H and O–H groups in total. The summed E-state index contributed by atoms with van der Waals surface area (Å²) in [6, 6.07) is 8.21. The molecular formula is C18H30N4O2. The van der Waals surface area contributed by atoms with Gasteiger partial charge in [0.25, 0.3) is 0 Å². The van der Waals surface area contributed by atoms with Crippen molar-refractivity contribution >= 4 is 11.6 Å². The Morgan fingerprint density at radius 2 is 2.12 bits per heavy atom. The largest absolute Gasteiger partial charge is 0.495 e. The van der Waals surface area contributed by atoms with Crippen molar-refractivity contribution in [3.63, 3.8) is 0 Å². The van der Waals surface area contributed by atoms with Crippen molar-refractivity contribution in [3.05, 3.63) is 24.3 Å².